The van der Waals surface area contributed by atoms with Crippen LogP contribution in [0.4, 0.5) is 17.8 Å². The van der Waals surface area contributed by atoms with Gasteiger partial charge in [-0.1, -0.05) is 0 Å². The molecule has 0 bridgehead atoms. The number of anilines is 3. The second-order valence-electron chi connectivity index (χ2n) is 22.9. The first-order valence-electron chi connectivity index (χ1n) is 20.6. The zero-order chi connectivity index (χ0) is 41.9. The van der Waals surface area contributed by atoms with Crippen LogP contribution >= 0.6 is 0 Å². The number of hydrogen-bond acceptors (Lipinski definition) is 10. The summed E-state index contributed by atoms with van der Waals surface area (Å²) in [4.78, 5) is 22.6. The first kappa shape index (κ1) is 44.2. The highest BCUT2D eigenvalue weighted by atomic mass is 16.5. The van der Waals surface area contributed by atoms with Crippen molar-refractivity contribution < 1.29 is 20.8 Å². The molecule has 4 aliphatic heterocycles. The number of hydroxylamine groups is 8. The molecule has 5 heterocycles. The van der Waals surface area contributed by atoms with E-state index in [0.29, 0.717) is 69.2 Å². The molecule has 1 aromatic rings. The Bertz CT molecular complexity index is 1300. The second kappa shape index (κ2) is 13.8. The van der Waals surface area contributed by atoms with Crippen LogP contribution in [0.1, 0.15) is 162 Å². The Morgan fingerprint density at radius 2 is 0.527 bits per heavy atom. The average Bonchev–Trinajstić information content (AvgIpc) is 2.99. The fraction of sp³-hybridized carbons (Fsp3) is 0.927. The standard InChI is InChI=1S/C41H74N10O4/c1-34(2)19-27(20-35(3,4)48(34)52)46(28-21-36(5,6)49(53)37(7,8)22-28)32-42-31(45(17)18)43-33(44-32)47(29-23-38(9,10)50(54)39(11,12)24-29)30-25-40(13,14)51(55)41(15,16)26-30/h27-30H,19-26H2,1-18H3. The summed E-state index contributed by atoms with van der Waals surface area (Å²) in [6.45, 7) is 32.3. The van der Waals surface area contributed by atoms with Gasteiger partial charge in [-0.3, -0.25) is 0 Å². The summed E-state index contributed by atoms with van der Waals surface area (Å²) < 4.78 is 0. The highest BCUT2D eigenvalue weighted by Crippen LogP contribution is 2.48. The highest BCUT2D eigenvalue weighted by molar-refractivity contribution is 5.50. The molecule has 0 saturated carbocycles. The van der Waals surface area contributed by atoms with Crippen LogP contribution in [0.15, 0.2) is 0 Å². The Morgan fingerprint density at radius 3 is 0.691 bits per heavy atom. The van der Waals surface area contributed by atoms with Crippen LogP contribution in [0.2, 0.25) is 0 Å². The van der Waals surface area contributed by atoms with Crippen molar-refractivity contribution in [3.63, 3.8) is 0 Å². The molecular formula is C41H74N10O4. The molecule has 4 radical (unpaired) electrons. The van der Waals surface area contributed by atoms with Gasteiger partial charge in [0.05, 0.1) is 0 Å². The lowest BCUT2D eigenvalue weighted by atomic mass is 9.74. The predicted molar refractivity (Wildman–Crippen MR) is 214 cm³/mol. The molecule has 4 saturated heterocycles. The maximum atomic E-state index is 13.7. The number of rotatable bonds is 7. The maximum absolute atomic E-state index is 13.7. The van der Waals surface area contributed by atoms with E-state index in [1.165, 1.54) is 20.3 Å². The van der Waals surface area contributed by atoms with Gasteiger partial charge < -0.3 is 14.7 Å². The summed E-state index contributed by atoms with van der Waals surface area (Å²) in [6, 6.07) is -0.419. The van der Waals surface area contributed by atoms with Crippen molar-refractivity contribution in [2.75, 3.05) is 28.8 Å². The Balaban J connectivity index is 1.76. The first-order chi connectivity index (χ1) is 24.7. The zero-order valence-corrected chi connectivity index (χ0v) is 37.6. The fourth-order valence-electron chi connectivity index (χ4n) is 11.7. The van der Waals surface area contributed by atoms with E-state index in [9.17, 15) is 20.8 Å². The summed E-state index contributed by atoms with van der Waals surface area (Å²) in [6.07, 6.45) is 4.74. The van der Waals surface area contributed by atoms with E-state index in [2.05, 4.69) is 9.80 Å². The van der Waals surface area contributed by atoms with Crippen LogP contribution in [0.5, 0.6) is 0 Å². The monoisotopic (exact) mass is 771 g/mol. The minimum absolute atomic E-state index is 0.105. The van der Waals surface area contributed by atoms with Crippen molar-refractivity contribution in [3.05, 3.63) is 0 Å². The number of aromatic nitrogens is 3. The molecule has 1 aromatic heterocycles. The lowest BCUT2D eigenvalue weighted by molar-refractivity contribution is -0.294. The largest absolute Gasteiger partial charge is 0.347 e. The van der Waals surface area contributed by atoms with E-state index in [1.54, 1.807) is 0 Å². The molecule has 5 rings (SSSR count). The van der Waals surface area contributed by atoms with Gasteiger partial charge in [-0.05, 0) is 162 Å². The van der Waals surface area contributed by atoms with Gasteiger partial charge in [0.15, 0.2) is 0 Å². The second-order valence-corrected chi connectivity index (χ2v) is 22.9. The number of nitrogens with zero attached hydrogens (tertiary/aromatic N) is 10. The molecule has 55 heavy (non-hydrogen) atoms. The Kier molecular flexibility index (Phi) is 11.1. The molecule has 4 aliphatic rings. The summed E-state index contributed by atoms with van der Waals surface area (Å²) in [5.74, 6) is 1.57. The fourth-order valence-corrected chi connectivity index (χ4v) is 11.7. The van der Waals surface area contributed by atoms with E-state index in [1.807, 2.05) is 130 Å². The van der Waals surface area contributed by atoms with E-state index in [-0.39, 0.29) is 24.2 Å². The van der Waals surface area contributed by atoms with E-state index < -0.39 is 44.3 Å². The molecular weight excluding hydrogens is 697 g/mol. The topological polar surface area (TPSA) is 141 Å². The number of hydrogen-bond donors (Lipinski definition) is 0. The molecule has 0 spiro atoms. The maximum Gasteiger partial charge on any atom is 0.232 e. The third kappa shape index (κ3) is 8.22. The molecule has 14 nitrogen and oxygen atoms in total. The van der Waals surface area contributed by atoms with Crippen molar-refractivity contribution in [3.8, 4) is 0 Å². The minimum Gasteiger partial charge on any atom is -0.347 e. The van der Waals surface area contributed by atoms with Crippen molar-refractivity contribution in [2.45, 2.75) is 231 Å². The van der Waals surface area contributed by atoms with Gasteiger partial charge in [-0.15, -0.1) is 41.1 Å². The van der Waals surface area contributed by atoms with Crippen molar-refractivity contribution in [1.29, 1.82) is 0 Å². The van der Waals surface area contributed by atoms with Gasteiger partial charge >= 0.3 is 0 Å². The van der Waals surface area contributed by atoms with Crippen LogP contribution in [-0.4, -0.2) is 118 Å². The van der Waals surface area contributed by atoms with Gasteiger partial charge in [0, 0.05) is 82.6 Å². The average molecular weight is 771 g/mol. The number of piperidine rings is 4. The van der Waals surface area contributed by atoms with E-state index in [4.69, 9.17) is 15.0 Å². The van der Waals surface area contributed by atoms with E-state index >= 15 is 0 Å². The molecule has 0 N–H and O–H groups in total. The predicted octanol–water partition coefficient (Wildman–Crippen LogP) is 7.02. The van der Waals surface area contributed by atoms with Gasteiger partial charge in [0.25, 0.3) is 0 Å². The molecule has 0 amide bonds. The summed E-state index contributed by atoms with van der Waals surface area (Å²) >= 11 is 0. The van der Waals surface area contributed by atoms with Crippen molar-refractivity contribution in [2.24, 2.45) is 0 Å². The molecule has 312 valence electrons. The Labute approximate surface area is 332 Å². The molecule has 0 aliphatic carbocycles. The third-order valence-electron chi connectivity index (χ3n) is 13.3. The van der Waals surface area contributed by atoms with Crippen molar-refractivity contribution >= 4 is 17.8 Å². The van der Waals surface area contributed by atoms with Gasteiger partial charge in [-0.25, -0.2) is 0 Å². The molecule has 0 unspecified atom stereocenters. The SMILES string of the molecule is CN(C)c1nc(N(C2CC(C)(C)N([O])C(C)(C)C2)C2CC(C)(C)N([O])C(C)(C)C2)nc(N(C2CC(C)(C)N([O])C(C)(C)C2)C2CC(C)(C)N([O])C(C)(C)C2)n1. The first-order valence-corrected chi connectivity index (χ1v) is 20.6. The van der Waals surface area contributed by atoms with Crippen LogP contribution in [0.25, 0.3) is 0 Å². The summed E-state index contributed by atoms with van der Waals surface area (Å²) in [5, 5.41) is 60.0. The van der Waals surface area contributed by atoms with E-state index in [0.717, 1.165) is 0 Å². The van der Waals surface area contributed by atoms with Gasteiger partial charge in [0.2, 0.25) is 17.8 Å². The minimum atomic E-state index is -0.659. The quantitative estimate of drug-likeness (QED) is 0.284. The van der Waals surface area contributed by atoms with Crippen LogP contribution in [0, 0.1) is 0 Å². The van der Waals surface area contributed by atoms with Crippen LogP contribution in [0.3, 0.4) is 0 Å². The Morgan fingerprint density at radius 1 is 0.364 bits per heavy atom. The third-order valence-corrected chi connectivity index (χ3v) is 13.3. The molecule has 4 fully saturated rings. The van der Waals surface area contributed by atoms with Crippen LogP contribution in [-0.2, 0) is 20.8 Å². The lowest BCUT2D eigenvalue weighted by Gasteiger charge is -2.58. The smallest absolute Gasteiger partial charge is 0.232 e. The molecule has 14 heteroatoms. The molecule has 0 atom stereocenters. The summed E-state index contributed by atoms with van der Waals surface area (Å²) in [5.41, 5.74) is -5.27. The molecule has 0 aromatic carbocycles. The van der Waals surface area contributed by atoms with Gasteiger partial charge in [-0.2, -0.15) is 15.0 Å². The Hall–Kier alpha value is -1.91. The van der Waals surface area contributed by atoms with Gasteiger partial charge in [0.1, 0.15) is 0 Å². The summed E-state index contributed by atoms with van der Waals surface area (Å²) in [7, 11) is 3.87. The lowest BCUT2D eigenvalue weighted by Crippen LogP contribution is -2.68. The van der Waals surface area contributed by atoms with Crippen LogP contribution < -0.4 is 14.7 Å². The normalized spacial score (nSPS) is 28.9. The van der Waals surface area contributed by atoms with Crippen molar-refractivity contribution in [1.82, 2.24) is 35.2 Å². The highest BCUT2D eigenvalue weighted by Gasteiger charge is 2.56. The zero-order valence-electron chi connectivity index (χ0n) is 37.6.